The number of rotatable bonds is 5. The zero-order valence-corrected chi connectivity index (χ0v) is 15.1. The summed E-state index contributed by atoms with van der Waals surface area (Å²) < 4.78 is 28.9. The van der Waals surface area contributed by atoms with E-state index in [1.54, 1.807) is 12.1 Å². The van der Waals surface area contributed by atoms with Crippen LogP contribution < -0.4 is 9.64 Å². The Hall–Kier alpha value is -2.78. The third-order valence-corrected chi connectivity index (χ3v) is 4.85. The Morgan fingerprint density at radius 3 is 2.56 bits per heavy atom. The molecule has 5 nitrogen and oxygen atoms in total. The van der Waals surface area contributed by atoms with Gasteiger partial charge in [0.15, 0.2) is 4.32 Å². The minimum Gasteiger partial charge on any atom is -0.478 e. The van der Waals surface area contributed by atoms with Gasteiger partial charge in [0, 0.05) is 0 Å². The summed E-state index contributed by atoms with van der Waals surface area (Å²) in [5.41, 5.74) is 1.01. The van der Waals surface area contributed by atoms with Crippen molar-refractivity contribution in [1.82, 2.24) is 0 Å². The van der Waals surface area contributed by atoms with Crippen LogP contribution in [-0.2, 0) is 4.79 Å². The predicted molar refractivity (Wildman–Crippen MR) is 102 cm³/mol. The topological polar surface area (TPSA) is 66.8 Å². The maximum absolute atomic E-state index is 12.7. The molecule has 1 N–H and O–H groups in total. The van der Waals surface area contributed by atoms with E-state index in [9.17, 15) is 18.4 Å². The Bertz CT molecular complexity index is 945. The molecule has 0 aromatic heterocycles. The second-order valence-electron chi connectivity index (χ2n) is 5.32. The number of carboxylic acids is 1. The number of halogens is 2. The number of nitrogens with zero attached hydrogens (tertiary/aromatic N) is 1. The molecule has 0 saturated carbocycles. The van der Waals surface area contributed by atoms with Crippen molar-refractivity contribution in [2.24, 2.45) is 0 Å². The molecule has 0 unspecified atom stereocenters. The van der Waals surface area contributed by atoms with Crippen LogP contribution in [0, 0.1) is 0 Å². The van der Waals surface area contributed by atoms with Crippen molar-refractivity contribution in [1.29, 1.82) is 0 Å². The summed E-state index contributed by atoms with van der Waals surface area (Å²) in [4.78, 5) is 25.4. The molecular formula is C18H11F2NO4S2. The number of carboxylic acid groups (broad SMARTS) is 1. The van der Waals surface area contributed by atoms with Crippen molar-refractivity contribution in [2.45, 2.75) is 6.61 Å². The van der Waals surface area contributed by atoms with Gasteiger partial charge in [0.25, 0.3) is 5.91 Å². The number of aromatic carboxylic acids is 1. The van der Waals surface area contributed by atoms with Crippen LogP contribution in [0.4, 0.5) is 14.5 Å². The normalized spacial score (nSPS) is 15.7. The van der Waals surface area contributed by atoms with Gasteiger partial charge in [0.05, 0.1) is 16.2 Å². The Balaban J connectivity index is 1.84. The van der Waals surface area contributed by atoms with Gasteiger partial charge in [-0.15, -0.1) is 0 Å². The molecule has 1 aliphatic rings. The number of ether oxygens (including phenoxy) is 1. The maximum atomic E-state index is 12.7. The van der Waals surface area contributed by atoms with Gasteiger partial charge in [0.1, 0.15) is 5.75 Å². The zero-order chi connectivity index (χ0) is 19.6. The first-order chi connectivity index (χ1) is 12.8. The van der Waals surface area contributed by atoms with Crippen LogP contribution in [0.3, 0.4) is 0 Å². The quantitative estimate of drug-likeness (QED) is 0.586. The monoisotopic (exact) mass is 407 g/mol. The zero-order valence-electron chi connectivity index (χ0n) is 13.5. The van der Waals surface area contributed by atoms with E-state index in [1.165, 1.54) is 47.4 Å². The van der Waals surface area contributed by atoms with Gasteiger partial charge in [-0.3, -0.25) is 9.69 Å². The fourth-order valence-electron chi connectivity index (χ4n) is 2.37. The van der Waals surface area contributed by atoms with Gasteiger partial charge in [-0.1, -0.05) is 42.2 Å². The highest BCUT2D eigenvalue weighted by Gasteiger charge is 2.33. The van der Waals surface area contributed by atoms with Crippen molar-refractivity contribution in [2.75, 3.05) is 4.90 Å². The molecule has 1 saturated heterocycles. The molecule has 1 heterocycles. The van der Waals surface area contributed by atoms with Gasteiger partial charge >= 0.3 is 12.6 Å². The van der Waals surface area contributed by atoms with Crippen molar-refractivity contribution >= 4 is 51.9 Å². The highest BCUT2D eigenvalue weighted by molar-refractivity contribution is 8.27. The molecule has 1 fully saturated rings. The maximum Gasteiger partial charge on any atom is 0.387 e. The van der Waals surface area contributed by atoms with Crippen LogP contribution in [0.2, 0.25) is 0 Å². The lowest BCUT2D eigenvalue weighted by Crippen LogP contribution is -2.27. The van der Waals surface area contributed by atoms with E-state index in [4.69, 9.17) is 17.3 Å². The number of benzene rings is 2. The molecule has 2 aromatic rings. The van der Waals surface area contributed by atoms with E-state index in [1.807, 2.05) is 0 Å². The van der Waals surface area contributed by atoms with Crippen LogP contribution in [0.5, 0.6) is 5.75 Å². The van der Waals surface area contributed by atoms with E-state index in [0.717, 1.165) is 11.8 Å². The van der Waals surface area contributed by atoms with Gasteiger partial charge in [-0.05, 0) is 42.0 Å². The molecule has 2 aromatic carbocycles. The van der Waals surface area contributed by atoms with Crippen molar-refractivity contribution < 1.29 is 28.2 Å². The summed E-state index contributed by atoms with van der Waals surface area (Å²) in [7, 11) is 0. The lowest BCUT2D eigenvalue weighted by molar-refractivity contribution is -0.113. The van der Waals surface area contributed by atoms with E-state index in [0.29, 0.717) is 16.2 Å². The van der Waals surface area contributed by atoms with E-state index >= 15 is 0 Å². The number of alkyl halides is 2. The number of hydrogen-bond acceptors (Lipinski definition) is 5. The molecule has 0 radical (unpaired) electrons. The van der Waals surface area contributed by atoms with Crippen LogP contribution in [-0.4, -0.2) is 27.9 Å². The second-order valence-corrected chi connectivity index (χ2v) is 7.00. The minimum atomic E-state index is -2.91. The average Bonchev–Trinajstić information content (AvgIpc) is 2.90. The fourth-order valence-corrected chi connectivity index (χ4v) is 3.66. The summed E-state index contributed by atoms with van der Waals surface area (Å²) in [5.74, 6) is -1.48. The first-order valence-electron chi connectivity index (χ1n) is 7.51. The van der Waals surface area contributed by atoms with Crippen LogP contribution >= 0.6 is 24.0 Å². The third-order valence-electron chi connectivity index (χ3n) is 3.55. The van der Waals surface area contributed by atoms with Crippen molar-refractivity contribution in [3.63, 3.8) is 0 Å². The van der Waals surface area contributed by atoms with Crippen LogP contribution in [0.15, 0.2) is 53.4 Å². The van der Waals surface area contributed by atoms with Crippen molar-refractivity contribution in [3.05, 3.63) is 64.6 Å². The molecule has 1 amide bonds. The SMILES string of the molecule is O=C(O)c1cccc(N2C(=O)/C(=C\c3ccc(OC(F)F)cc3)SC2=S)c1. The molecule has 27 heavy (non-hydrogen) atoms. The Morgan fingerprint density at radius 2 is 1.93 bits per heavy atom. The number of carbonyl (C=O) groups is 2. The Kier molecular flexibility index (Phi) is 5.52. The molecule has 138 valence electrons. The third kappa shape index (κ3) is 4.32. The summed E-state index contributed by atoms with van der Waals surface area (Å²) >= 11 is 6.32. The number of anilines is 1. The molecule has 9 heteroatoms. The standard InChI is InChI=1S/C18H11F2NO4S2/c19-17(20)25-13-6-4-10(5-7-13)8-14-15(22)21(18(26)27-14)12-3-1-2-11(9-12)16(23)24/h1-9,17H,(H,23,24)/b14-8+. The molecule has 0 spiro atoms. The van der Waals surface area contributed by atoms with Crippen molar-refractivity contribution in [3.8, 4) is 5.75 Å². The van der Waals surface area contributed by atoms with Gasteiger partial charge < -0.3 is 9.84 Å². The first-order valence-corrected chi connectivity index (χ1v) is 8.74. The minimum absolute atomic E-state index is 0.0141. The molecule has 3 rings (SSSR count). The molecule has 0 bridgehead atoms. The smallest absolute Gasteiger partial charge is 0.387 e. The lowest BCUT2D eigenvalue weighted by atomic mass is 10.2. The first kappa shape index (κ1) is 19.0. The Labute approximate surface area is 162 Å². The number of thioether (sulfide) groups is 1. The van der Waals surface area contributed by atoms with Gasteiger partial charge in [-0.2, -0.15) is 8.78 Å². The number of thiocarbonyl (C=S) groups is 1. The highest BCUT2D eigenvalue weighted by atomic mass is 32.2. The van der Waals surface area contributed by atoms with Crippen LogP contribution in [0.1, 0.15) is 15.9 Å². The highest BCUT2D eigenvalue weighted by Crippen LogP contribution is 2.36. The number of hydrogen-bond donors (Lipinski definition) is 1. The summed E-state index contributed by atoms with van der Waals surface area (Å²) in [6.45, 7) is -2.91. The van der Waals surface area contributed by atoms with Gasteiger partial charge in [-0.25, -0.2) is 4.79 Å². The fraction of sp³-hybridized carbons (Fsp3) is 0.0556. The molecule has 0 atom stereocenters. The lowest BCUT2D eigenvalue weighted by Gasteiger charge is -2.14. The number of amides is 1. The second kappa shape index (κ2) is 7.85. The molecule has 0 aliphatic carbocycles. The van der Waals surface area contributed by atoms with E-state index < -0.39 is 12.6 Å². The average molecular weight is 407 g/mol. The molecular weight excluding hydrogens is 396 g/mol. The molecule has 1 aliphatic heterocycles. The predicted octanol–water partition coefficient (Wildman–Crippen LogP) is 4.39. The van der Waals surface area contributed by atoms with Crippen LogP contribution in [0.25, 0.3) is 6.08 Å². The summed E-state index contributed by atoms with van der Waals surface area (Å²) in [6, 6.07) is 11.7. The number of carbonyl (C=O) groups excluding carboxylic acids is 1. The van der Waals surface area contributed by atoms with E-state index in [2.05, 4.69) is 4.74 Å². The van der Waals surface area contributed by atoms with E-state index in [-0.39, 0.29) is 21.5 Å². The van der Waals surface area contributed by atoms with Gasteiger partial charge in [0.2, 0.25) is 0 Å². The summed E-state index contributed by atoms with van der Waals surface area (Å²) in [6.07, 6.45) is 1.58. The summed E-state index contributed by atoms with van der Waals surface area (Å²) in [5, 5.41) is 9.10. The largest absolute Gasteiger partial charge is 0.478 e. The Morgan fingerprint density at radius 1 is 1.22 bits per heavy atom.